The van der Waals surface area contributed by atoms with Gasteiger partial charge in [0.2, 0.25) is 0 Å². The average molecular weight is 597 g/mol. The van der Waals surface area contributed by atoms with E-state index in [1.807, 2.05) is 69.3 Å². The van der Waals surface area contributed by atoms with Gasteiger partial charge < -0.3 is 4.57 Å². The Balaban J connectivity index is 1.45. The van der Waals surface area contributed by atoms with E-state index in [0.29, 0.717) is 18.7 Å². The van der Waals surface area contributed by atoms with E-state index in [4.69, 9.17) is 12.2 Å². The van der Waals surface area contributed by atoms with Crippen LogP contribution in [-0.2, 0) is 9.59 Å². The first-order valence-electron chi connectivity index (χ1n) is 13.4. The van der Waals surface area contributed by atoms with E-state index in [9.17, 15) is 19.7 Å². The van der Waals surface area contributed by atoms with Crippen LogP contribution in [0.1, 0.15) is 30.3 Å². The van der Waals surface area contributed by atoms with Gasteiger partial charge in [-0.05, 0) is 98.7 Å². The first-order chi connectivity index (χ1) is 20.2. The predicted octanol–water partition coefficient (Wildman–Crippen LogP) is 7.11. The Bertz CT molecular complexity index is 1710. The zero-order valence-electron chi connectivity index (χ0n) is 23.3. The quantitative estimate of drug-likeness (QED) is 0.0708. The Morgan fingerprint density at radius 1 is 0.881 bits per heavy atom. The van der Waals surface area contributed by atoms with E-state index in [1.165, 1.54) is 33.7 Å². The maximum atomic E-state index is 13.7. The van der Waals surface area contributed by atoms with Crippen LogP contribution in [0.4, 0.5) is 11.4 Å². The first-order valence-corrected chi connectivity index (χ1v) is 14.6. The summed E-state index contributed by atoms with van der Waals surface area (Å²) in [6.45, 7) is 6.31. The highest BCUT2D eigenvalue weighted by Gasteiger charge is 2.40. The number of amides is 2. The lowest BCUT2D eigenvalue weighted by atomic mass is 10.1. The molecule has 0 spiro atoms. The van der Waals surface area contributed by atoms with Gasteiger partial charge in [-0.3, -0.25) is 29.5 Å². The molecule has 0 radical (unpaired) electrons. The number of aromatic nitrogens is 1. The molecule has 1 aromatic heterocycles. The van der Waals surface area contributed by atoms with Gasteiger partial charge in [0.15, 0.2) is 5.11 Å². The number of aryl methyl sites for hydroxylation is 1. The number of anilines is 1. The molecule has 4 aromatic rings. The average Bonchev–Trinajstić information content (AvgIpc) is 3.27. The van der Waals surface area contributed by atoms with Crippen LogP contribution in [0.2, 0.25) is 0 Å². The second-order valence-electron chi connectivity index (χ2n) is 9.78. The number of nitro groups is 1. The van der Waals surface area contributed by atoms with Crippen molar-refractivity contribution in [2.24, 2.45) is 0 Å². The number of thiocarbonyl (C=S) groups is 1. The van der Waals surface area contributed by atoms with Gasteiger partial charge in [0, 0.05) is 45.5 Å². The monoisotopic (exact) mass is 596 g/mol. The Morgan fingerprint density at radius 2 is 1.50 bits per heavy atom. The molecule has 8 nitrogen and oxygen atoms in total. The van der Waals surface area contributed by atoms with E-state index in [2.05, 4.69) is 4.57 Å². The Labute approximate surface area is 253 Å². The number of benzene rings is 3. The summed E-state index contributed by atoms with van der Waals surface area (Å²) in [5, 5.41) is 11.1. The van der Waals surface area contributed by atoms with Crippen molar-refractivity contribution < 1.29 is 14.5 Å². The van der Waals surface area contributed by atoms with E-state index in [-0.39, 0.29) is 16.4 Å². The SMILES string of the molecule is CCCN1C(=O)/C(=C\c2cc(C)n(-c3ccc(Sc4ccc([N+](=O)[O-])cc4)cc3)c2C)C(=O)N(c2ccccc2)C1=S. The molecule has 212 valence electrons. The van der Waals surface area contributed by atoms with Crippen LogP contribution in [0, 0.1) is 24.0 Å². The van der Waals surface area contributed by atoms with Crippen molar-refractivity contribution in [2.45, 2.75) is 37.0 Å². The van der Waals surface area contributed by atoms with Gasteiger partial charge >= 0.3 is 0 Å². The lowest BCUT2D eigenvalue weighted by molar-refractivity contribution is -0.384. The van der Waals surface area contributed by atoms with Crippen molar-refractivity contribution >= 4 is 58.4 Å². The van der Waals surface area contributed by atoms with E-state index >= 15 is 0 Å². The van der Waals surface area contributed by atoms with E-state index in [0.717, 1.165) is 32.4 Å². The molecule has 0 atom stereocenters. The highest BCUT2D eigenvalue weighted by Crippen LogP contribution is 2.32. The Kier molecular flexibility index (Phi) is 8.37. The second-order valence-corrected chi connectivity index (χ2v) is 11.3. The van der Waals surface area contributed by atoms with Crippen LogP contribution >= 0.6 is 24.0 Å². The van der Waals surface area contributed by atoms with Gasteiger partial charge in [0.05, 0.1) is 10.6 Å². The second kappa shape index (κ2) is 12.1. The molecule has 1 aliphatic rings. The molecule has 3 aromatic carbocycles. The standard InChI is InChI=1S/C32H28N4O4S2/c1-4-18-33-30(37)29(31(38)35(32(33)41)24-8-6-5-7-9-24)20-23-19-21(2)34(22(23)3)25-10-14-27(15-11-25)42-28-16-12-26(13-17-28)36(39)40/h5-17,19-20H,4,18H2,1-3H3/b29-20+. The number of nitrogens with zero attached hydrogens (tertiary/aromatic N) is 4. The molecule has 2 amide bonds. The summed E-state index contributed by atoms with van der Waals surface area (Å²) in [5.74, 6) is -0.836. The normalized spacial score (nSPS) is 14.6. The molecule has 0 N–H and O–H groups in total. The summed E-state index contributed by atoms with van der Waals surface area (Å²) in [5.41, 5.74) is 4.28. The number of para-hydroxylation sites is 1. The molecule has 42 heavy (non-hydrogen) atoms. The number of nitro benzene ring substituents is 1. The molecule has 10 heteroatoms. The van der Waals surface area contributed by atoms with Crippen molar-refractivity contribution in [3.05, 3.63) is 118 Å². The summed E-state index contributed by atoms with van der Waals surface area (Å²) in [6.07, 6.45) is 2.37. The van der Waals surface area contributed by atoms with Crippen LogP contribution in [0.5, 0.6) is 0 Å². The van der Waals surface area contributed by atoms with Crippen molar-refractivity contribution in [3.63, 3.8) is 0 Å². The van der Waals surface area contributed by atoms with Gasteiger partial charge in [-0.2, -0.15) is 0 Å². The third kappa shape index (κ3) is 5.63. The highest BCUT2D eigenvalue weighted by molar-refractivity contribution is 7.99. The van der Waals surface area contributed by atoms with Crippen molar-refractivity contribution in [1.82, 2.24) is 9.47 Å². The zero-order chi connectivity index (χ0) is 30.0. The number of carbonyl (C=O) groups is 2. The van der Waals surface area contributed by atoms with Gasteiger partial charge in [0.25, 0.3) is 17.5 Å². The smallest absolute Gasteiger partial charge is 0.270 e. The highest BCUT2D eigenvalue weighted by atomic mass is 32.2. The molecular formula is C32H28N4O4S2. The number of rotatable bonds is 8. The molecule has 1 aliphatic heterocycles. The molecule has 0 unspecified atom stereocenters. The minimum Gasteiger partial charge on any atom is -0.318 e. The topological polar surface area (TPSA) is 88.7 Å². The number of non-ortho nitro benzene ring substituents is 1. The molecule has 0 aliphatic carbocycles. The summed E-state index contributed by atoms with van der Waals surface area (Å²) < 4.78 is 2.08. The summed E-state index contributed by atoms with van der Waals surface area (Å²) in [6, 6.07) is 25.5. The van der Waals surface area contributed by atoms with Crippen molar-refractivity contribution in [3.8, 4) is 5.69 Å². The van der Waals surface area contributed by atoms with Gasteiger partial charge in [-0.1, -0.05) is 36.9 Å². The van der Waals surface area contributed by atoms with Gasteiger partial charge in [-0.15, -0.1) is 0 Å². The summed E-state index contributed by atoms with van der Waals surface area (Å²) in [4.78, 5) is 42.5. The van der Waals surface area contributed by atoms with E-state index in [1.54, 1.807) is 30.3 Å². The molecule has 0 bridgehead atoms. The first kappa shape index (κ1) is 29.0. The Morgan fingerprint density at radius 3 is 2.10 bits per heavy atom. The molecule has 0 saturated carbocycles. The molecular weight excluding hydrogens is 569 g/mol. The fourth-order valence-electron chi connectivity index (χ4n) is 4.92. The molecule has 5 rings (SSSR count). The van der Waals surface area contributed by atoms with Gasteiger partial charge in [0.1, 0.15) is 5.57 Å². The minimum absolute atomic E-state index is 0.0595. The number of hydrogen-bond acceptors (Lipinski definition) is 6. The fraction of sp³-hybridized carbons (Fsp3) is 0.156. The number of carbonyl (C=O) groups excluding carboxylic acids is 2. The lowest BCUT2D eigenvalue weighted by Gasteiger charge is -2.36. The van der Waals surface area contributed by atoms with Gasteiger partial charge in [-0.25, -0.2) is 0 Å². The van der Waals surface area contributed by atoms with Crippen LogP contribution in [-0.4, -0.2) is 37.9 Å². The molecule has 2 heterocycles. The zero-order valence-corrected chi connectivity index (χ0v) is 24.9. The van der Waals surface area contributed by atoms with Crippen molar-refractivity contribution in [2.75, 3.05) is 11.4 Å². The van der Waals surface area contributed by atoms with Crippen LogP contribution in [0.25, 0.3) is 11.8 Å². The maximum Gasteiger partial charge on any atom is 0.270 e. The fourth-order valence-corrected chi connectivity index (χ4v) is 6.10. The maximum absolute atomic E-state index is 13.7. The van der Waals surface area contributed by atoms with Crippen LogP contribution < -0.4 is 4.90 Å². The van der Waals surface area contributed by atoms with Crippen molar-refractivity contribution in [1.29, 1.82) is 0 Å². The van der Waals surface area contributed by atoms with Crippen LogP contribution in [0.3, 0.4) is 0 Å². The van der Waals surface area contributed by atoms with E-state index < -0.39 is 16.7 Å². The summed E-state index contributed by atoms with van der Waals surface area (Å²) in [7, 11) is 0. The minimum atomic E-state index is -0.444. The lowest BCUT2D eigenvalue weighted by Crippen LogP contribution is -2.56. The van der Waals surface area contributed by atoms with Crippen LogP contribution in [0.15, 0.2) is 100 Å². The molecule has 1 fully saturated rings. The predicted molar refractivity (Wildman–Crippen MR) is 169 cm³/mol. The third-order valence-corrected chi connectivity index (χ3v) is 8.36. The Hall–Kier alpha value is -4.54. The third-order valence-electron chi connectivity index (χ3n) is 6.94. The number of hydrogen-bond donors (Lipinski definition) is 0. The molecule has 1 saturated heterocycles. The largest absolute Gasteiger partial charge is 0.318 e. The summed E-state index contributed by atoms with van der Waals surface area (Å²) >= 11 is 7.12.